The molecule has 3 nitrogen and oxygen atoms in total. The lowest BCUT2D eigenvalue weighted by Crippen LogP contribution is -2.02. The Morgan fingerprint density at radius 1 is 1.47 bits per heavy atom. The van der Waals surface area contributed by atoms with Crippen molar-refractivity contribution >= 4 is 0 Å². The number of aliphatic hydroxyl groups excluding tert-OH is 1. The lowest BCUT2D eigenvalue weighted by atomic mass is 10.1. The summed E-state index contributed by atoms with van der Waals surface area (Å²) in [6.45, 7) is 2.03. The average molecular weight is 237 g/mol. The monoisotopic (exact) mass is 237 g/mol. The van der Waals surface area contributed by atoms with Gasteiger partial charge in [-0.3, -0.25) is 0 Å². The number of unbranched alkanes of at least 4 members (excludes halogenated alkanes) is 2. The van der Waals surface area contributed by atoms with E-state index in [1.165, 1.54) is 18.2 Å². The molecule has 0 aliphatic heterocycles. The molecule has 0 aliphatic rings. The Kier molecular flexibility index (Phi) is 5.44. The molecule has 0 aromatic heterocycles. The maximum Gasteiger partial charge on any atom is 0.125 e. The Balaban J connectivity index is 2.55. The first-order chi connectivity index (χ1) is 8.15. The van der Waals surface area contributed by atoms with Crippen molar-refractivity contribution in [1.82, 2.24) is 0 Å². The topological polar surface area (TPSA) is 53.2 Å². The molecular formula is C13H16FNO2. The fourth-order valence-corrected chi connectivity index (χ4v) is 1.47. The fourth-order valence-electron chi connectivity index (χ4n) is 1.47. The molecule has 1 rings (SSSR count). The molecule has 4 heteroatoms. The van der Waals surface area contributed by atoms with Crippen LogP contribution in [-0.4, -0.2) is 11.7 Å². The smallest absolute Gasteiger partial charge is 0.125 e. The number of aliphatic hydroxyl groups is 1. The zero-order valence-electron chi connectivity index (χ0n) is 9.82. The van der Waals surface area contributed by atoms with Gasteiger partial charge in [-0.25, -0.2) is 4.39 Å². The van der Waals surface area contributed by atoms with E-state index in [1.54, 1.807) is 6.92 Å². The number of hydrogen-bond donors (Lipinski definition) is 1. The van der Waals surface area contributed by atoms with Gasteiger partial charge in [0.1, 0.15) is 11.6 Å². The molecule has 1 N–H and O–H groups in total. The lowest BCUT2D eigenvalue weighted by molar-refractivity contribution is 0.190. The highest BCUT2D eigenvalue weighted by Gasteiger charge is 2.10. The van der Waals surface area contributed by atoms with Gasteiger partial charge in [0.05, 0.1) is 18.8 Å². The van der Waals surface area contributed by atoms with Gasteiger partial charge in [-0.15, -0.1) is 0 Å². The minimum Gasteiger partial charge on any atom is -0.493 e. The lowest BCUT2D eigenvalue weighted by Gasteiger charge is -2.13. The number of nitriles is 1. The molecule has 0 fully saturated rings. The van der Waals surface area contributed by atoms with Crippen LogP contribution in [0.25, 0.3) is 0 Å². The maximum absolute atomic E-state index is 13.0. The zero-order valence-corrected chi connectivity index (χ0v) is 9.82. The van der Waals surface area contributed by atoms with Crippen molar-refractivity contribution in [2.45, 2.75) is 32.3 Å². The van der Waals surface area contributed by atoms with Gasteiger partial charge < -0.3 is 9.84 Å². The van der Waals surface area contributed by atoms with Crippen LogP contribution < -0.4 is 4.74 Å². The largest absolute Gasteiger partial charge is 0.493 e. The average Bonchev–Trinajstić information content (AvgIpc) is 2.30. The summed E-state index contributed by atoms with van der Waals surface area (Å²) in [5, 5.41) is 17.8. The molecule has 0 saturated heterocycles. The summed E-state index contributed by atoms with van der Waals surface area (Å²) < 4.78 is 18.5. The first-order valence-electron chi connectivity index (χ1n) is 5.62. The van der Waals surface area contributed by atoms with Crippen LogP contribution in [0, 0.1) is 17.1 Å². The molecule has 1 unspecified atom stereocenters. The maximum atomic E-state index is 13.0. The van der Waals surface area contributed by atoms with Gasteiger partial charge in [0.2, 0.25) is 0 Å². The first-order valence-corrected chi connectivity index (χ1v) is 5.62. The highest BCUT2D eigenvalue weighted by molar-refractivity contribution is 5.35. The van der Waals surface area contributed by atoms with E-state index in [2.05, 4.69) is 6.07 Å². The summed E-state index contributed by atoms with van der Waals surface area (Å²) in [4.78, 5) is 0. The molecule has 0 amide bonds. The van der Waals surface area contributed by atoms with Crippen molar-refractivity contribution in [2.24, 2.45) is 0 Å². The van der Waals surface area contributed by atoms with Crippen LogP contribution in [0.15, 0.2) is 18.2 Å². The summed E-state index contributed by atoms with van der Waals surface area (Å²) in [5.41, 5.74) is 0.449. The number of halogens is 1. The molecule has 0 spiro atoms. The third-order valence-corrected chi connectivity index (χ3v) is 2.36. The Labute approximate surface area is 100 Å². The SMILES string of the molecule is CC(O)c1cc(F)ccc1OCCCCC#N. The molecule has 0 radical (unpaired) electrons. The third-order valence-electron chi connectivity index (χ3n) is 2.36. The minimum absolute atomic E-state index is 0.391. The van der Waals surface area contributed by atoms with Gasteiger partial charge in [0, 0.05) is 12.0 Å². The van der Waals surface area contributed by atoms with Gasteiger partial charge in [0.15, 0.2) is 0 Å². The third kappa shape index (κ3) is 4.41. The Hall–Kier alpha value is -1.60. The predicted octanol–water partition coefficient (Wildman–Crippen LogP) is 2.95. The van der Waals surface area contributed by atoms with Crippen LogP contribution in [0.1, 0.15) is 37.9 Å². The minimum atomic E-state index is -0.764. The van der Waals surface area contributed by atoms with E-state index >= 15 is 0 Å². The quantitative estimate of drug-likeness (QED) is 0.774. The number of rotatable bonds is 6. The van der Waals surface area contributed by atoms with Crippen molar-refractivity contribution in [3.8, 4) is 11.8 Å². The van der Waals surface area contributed by atoms with Crippen molar-refractivity contribution in [1.29, 1.82) is 5.26 Å². The molecule has 1 aromatic rings. The molecular weight excluding hydrogens is 221 g/mol. The number of hydrogen-bond acceptors (Lipinski definition) is 3. The van der Waals surface area contributed by atoms with Gasteiger partial charge in [0.25, 0.3) is 0 Å². The molecule has 92 valence electrons. The summed E-state index contributed by atoms with van der Waals surface area (Å²) in [5.74, 6) is 0.107. The highest BCUT2D eigenvalue weighted by atomic mass is 19.1. The Bertz CT molecular complexity index is 399. The van der Waals surface area contributed by atoms with Crippen LogP contribution >= 0.6 is 0 Å². The van der Waals surface area contributed by atoms with E-state index < -0.39 is 11.9 Å². The number of benzene rings is 1. The number of ether oxygens (including phenoxy) is 1. The molecule has 0 aliphatic carbocycles. The standard InChI is InChI=1S/C13H16FNO2/c1-10(16)12-9-11(14)5-6-13(12)17-8-4-2-3-7-15/h5-6,9-10,16H,2-4,8H2,1H3. The molecule has 0 saturated carbocycles. The van der Waals surface area contributed by atoms with Crippen LogP contribution in [-0.2, 0) is 0 Å². The second kappa shape index (κ2) is 6.87. The number of nitrogens with zero attached hydrogens (tertiary/aromatic N) is 1. The fraction of sp³-hybridized carbons (Fsp3) is 0.462. The molecule has 0 heterocycles. The predicted molar refractivity (Wildman–Crippen MR) is 62.0 cm³/mol. The van der Waals surface area contributed by atoms with Crippen molar-refractivity contribution in [3.05, 3.63) is 29.6 Å². The van der Waals surface area contributed by atoms with E-state index in [-0.39, 0.29) is 0 Å². The van der Waals surface area contributed by atoms with Gasteiger partial charge in [-0.05, 0) is 38.0 Å². The van der Waals surface area contributed by atoms with Gasteiger partial charge in [-0.1, -0.05) is 0 Å². The van der Waals surface area contributed by atoms with Crippen LogP contribution in [0.3, 0.4) is 0 Å². The normalized spacial score (nSPS) is 11.9. The van der Waals surface area contributed by atoms with Crippen molar-refractivity contribution < 1.29 is 14.2 Å². The van der Waals surface area contributed by atoms with E-state index in [1.807, 2.05) is 0 Å². The van der Waals surface area contributed by atoms with E-state index in [9.17, 15) is 9.50 Å². The summed E-state index contributed by atoms with van der Waals surface area (Å²) in [6.07, 6.45) is 1.29. The summed E-state index contributed by atoms with van der Waals surface area (Å²) >= 11 is 0. The molecule has 17 heavy (non-hydrogen) atoms. The van der Waals surface area contributed by atoms with Gasteiger partial charge >= 0.3 is 0 Å². The van der Waals surface area contributed by atoms with E-state index in [0.29, 0.717) is 24.3 Å². The highest BCUT2D eigenvalue weighted by Crippen LogP contribution is 2.26. The Morgan fingerprint density at radius 2 is 2.24 bits per heavy atom. The van der Waals surface area contributed by atoms with Crippen molar-refractivity contribution in [2.75, 3.05) is 6.61 Å². The second-order valence-electron chi connectivity index (χ2n) is 3.82. The van der Waals surface area contributed by atoms with E-state index in [0.717, 1.165) is 12.8 Å². The Morgan fingerprint density at radius 3 is 2.88 bits per heavy atom. The molecule has 1 atom stereocenters. The molecule has 0 bridgehead atoms. The molecule has 1 aromatic carbocycles. The van der Waals surface area contributed by atoms with Crippen molar-refractivity contribution in [3.63, 3.8) is 0 Å². The zero-order chi connectivity index (χ0) is 12.7. The van der Waals surface area contributed by atoms with Crippen LogP contribution in [0.5, 0.6) is 5.75 Å². The summed E-state index contributed by atoms with van der Waals surface area (Å²) in [6, 6.07) is 6.15. The first kappa shape index (κ1) is 13.5. The van der Waals surface area contributed by atoms with Crippen LogP contribution in [0.4, 0.5) is 4.39 Å². The van der Waals surface area contributed by atoms with Gasteiger partial charge in [-0.2, -0.15) is 5.26 Å². The second-order valence-corrected chi connectivity index (χ2v) is 3.82. The van der Waals surface area contributed by atoms with E-state index in [4.69, 9.17) is 10.00 Å². The van der Waals surface area contributed by atoms with Crippen LogP contribution in [0.2, 0.25) is 0 Å². The summed E-state index contributed by atoms with van der Waals surface area (Å²) in [7, 11) is 0.